The van der Waals surface area contributed by atoms with Gasteiger partial charge in [0.15, 0.2) is 0 Å². The lowest BCUT2D eigenvalue weighted by Crippen LogP contribution is -2.51. The van der Waals surface area contributed by atoms with Crippen molar-refractivity contribution in [1.82, 2.24) is 10.2 Å². The Morgan fingerprint density at radius 1 is 1.10 bits per heavy atom. The molecule has 2 aromatic rings. The molecule has 2 amide bonds. The SMILES string of the molecule is CCC(C)NC(=O)C(CC)N(Cc1cccc(C)c1)C(=O)CSCc1ccccc1Cl. The van der Waals surface area contributed by atoms with Crippen molar-refractivity contribution in [2.75, 3.05) is 5.75 Å². The monoisotopic (exact) mass is 460 g/mol. The number of hydrogen-bond donors (Lipinski definition) is 1. The van der Waals surface area contributed by atoms with Crippen LogP contribution in [-0.2, 0) is 21.9 Å². The second kappa shape index (κ2) is 12.8. The molecule has 4 nitrogen and oxygen atoms in total. The fraction of sp³-hybridized carbons (Fsp3) is 0.440. The van der Waals surface area contributed by atoms with Gasteiger partial charge in [-0.15, -0.1) is 11.8 Å². The van der Waals surface area contributed by atoms with Crippen molar-refractivity contribution in [3.05, 3.63) is 70.2 Å². The molecule has 168 valence electrons. The van der Waals surface area contributed by atoms with E-state index in [4.69, 9.17) is 11.6 Å². The largest absolute Gasteiger partial charge is 0.352 e. The van der Waals surface area contributed by atoms with Crippen LogP contribution in [0.1, 0.15) is 50.3 Å². The molecule has 2 rings (SSSR count). The molecule has 2 aromatic carbocycles. The highest BCUT2D eigenvalue weighted by Crippen LogP contribution is 2.22. The highest BCUT2D eigenvalue weighted by molar-refractivity contribution is 7.99. The summed E-state index contributed by atoms with van der Waals surface area (Å²) in [5, 5.41) is 3.75. The molecule has 0 saturated carbocycles. The summed E-state index contributed by atoms with van der Waals surface area (Å²) in [6.45, 7) is 8.42. The average Bonchev–Trinajstić information content (AvgIpc) is 2.74. The predicted molar refractivity (Wildman–Crippen MR) is 131 cm³/mol. The molecule has 0 heterocycles. The van der Waals surface area contributed by atoms with E-state index in [2.05, 4.69) is 11.4 Å². The number of nitrogens with one attached hydrogen (secondary N) is 1. The molecule has 0 bridgehead atoms. The zero-order valence-electron chi connectivity index (χ0n) is 18.9. The molecule has 31 heavy (non-hydrogen) atoms. The zero-order chi connectivity index (χ0) is 22.8. The first-order chi connectivity index (χ1) is 14.8. The Balaban J connectivity index is 2.15. The molecular weight excluding hydrogens is 428 g/mol. The Bertz CT molecular complexity index is 874. The van der Waals surface area contributed by atoms with E-state index < -0.39 is 6.04 Å². The Labute approximate surface area is 195 Å². The van der Waals surface area contributed by atoms with Crippen molar-refractivity contribution in [2.24, 2.45) is 0 Å². The number of benzene rings is 2. The Morgan fingerprint density at radius 3 is 2.48 bits per heavy atom. The van der Waals surface area contributed by atoms with Gasteiger partial charge in [0, 0.05) is 23.4 Å². The molecule has 0 aliphatic carbocycles. The van der Waals surface area contributed by atoms with Crippen molar-refractivity contribution in [3.63, 3.8) is 0 Å². The molecule has 0 aliphatic rings. The van der Waals surface area contributed by atoms with Gasteiger partial charge in [0.25, 0.3) is 0 Å². The van der Waals surface area contributed by atoms with Gasteiger partial charge in [-0.3, -0.25) is 9.59 Å². The quantitative estimate of drug-likeness (QED) is 0.474. The van der Waals surface area contributed by atoms with Crippen LogP contribution in [0, 0.1) is 6.92 Å². The van der Waals surface area contributed by atoms with Gasteiger partial charge in [-0.2, -0.15) is 0 Å². The Kier molecular flexibility index (Phi) is 10.4. The van der Waals surface area contributed by atoms with Crippen LogP contribution in [0.25, 0.3) is 0 Å². The first-order valence-electron chi connectivity index (χ1n) is 10.8. The lowest BCUT2D eigenvalue weighted by molar-refractivity contribution is -0.139. The van der Waals surface area contributed by atoms with E-state index >= 15 is 0 Å². The van der Waals surface area contributed by atoms with Gasteiger partial charge in [-0.05, 0) is 43.9 Å². The lowest BCUT2D eigenvalue weighted by Gasteiger charge is -2.31. The van der Waals surface area contributed by atoms with E-state index in [0.29, 0.717) is 29.5 Å². The molecule has 0 radical (unpaired) electrons. The molecule has 0 saturated heterocycles. The molecule has 0 fully saturated rings. The molecule has 0 aliphatic heterocycles. The maximum atomic E-state index is 13.3. The summed E-state index contributed by atoms with van der Waals surface area (Å²) < 4.78 is 0. The van der Waals surface area contributed by atoms with E-state index in [1.165, 1.54) is 11.8 Å². The maximum absolute atomic E-state index is 13.3. The average molecular weight is 461 g/mol. The van der Waals surface area contributed by atoms with Gasteiger partial charge in [0.05, 0.1) is 5.75 Å². The highest BCUT2D eigenvalue weighted by atomic mass is 35.5. The Hall–Kier alpha value is -1.98. The molecule has 6 heteroatoms. The van der Waals surface area contributed by atoms with Crippen molar-refractivity contribution >= 4 is 35.2 Å². The number of carbonyl (C=O) groups excluding carboxylic acids is 2. The number of carbonyl (C=O) groups is 2. The van der Waals surface area contributed by atoms with Crippen LogP contribution in [0.2, 0.25) is 5.02 Å². The summed E-state index contributed by atoms with van der Waals surface area (Å²) in [5.41, 5.74) is 3.17. The third-order valence-electron chi connectivity index (χ3n) is 5.26. The van der Waals surface area contributed by atoms with Crippen molar-refractivity contribution < 1.29 is 9.59 Å². The van der Waals surface area contributed by atoms with Gasteiger partial charge >= 0.3 is 0 Å². The number of halogens is 1. The van der Waals surface area contributed by atoms with Gasteiger partial charge in [-0.1, -0.05) is 73.5 Å². The van der Waals surface area contributed by atoms with Crippen LogP contribution >= 0.6 is 23.4 Å². The predicted octanol–water partition coefficient (Wildman–Crippen LogP) is 5.60. The third-order valence-corrected chi connectivity index (χ3v) is 6.60. The van der Waals surface area contributed by atoms with E-state index in [9.17, 15) is 9.59 Å². The molecule has 0 aromatic heterocycles. The number of rotatable bonds is 11. The normalized spacial score (nSPS) is 12.8. The van der Waals surface area contributed by atoms with Crippen molar-refractivity contribution in [2.45, 2.75) is 64.9 Å². The van der Waals surface area contributed by atoms with Crippen LogP contribution in [-0.4, -0.2) is 34.6 Å². The summed E-state index contributed by atoms with van der Waals surface area (Å²) in [6, 6.07) is 15.3. The fourth-order valence-corrected chi connectivity index (χ4v) is 4.51. The summed E-state index contributed by atoms with van der Waals surface area (Å²) in [5.74, 6) is 0.822. The van der Waals surface area contributed by atoms with Crippen LogP contribution in [0.4, 0.5) is 0 Å². The minimum atomic E-state index is -0.497. The number of hydrogen-bond acceptors (Lipinski definition) is 3. The van der Waals surface area contributed by atoms with Gasteiger partial charge in [0.2, 0.25) is 11.8 Å². The maximum Gasteiger partial charge on any atom is 0.243 e. The number of thioether (sulfide) groups is 1. The Morgan fingerprint density at radius 2 is 1.84 bits per heavy atom. The van der Waals surface area contributed by atoms with E-state index in [-0.39, 0.29) is 17.9 Å². The first kappa shape index (κ1) is 25.3. The summed E-state index contributed by atoms with van der Waals surface area (Å²) >= 11 is 7.76. The van der Waals surface area contributed by atoms with Gasteiger partial charge in [-0.25, -0.2) is 0 Å². The second-order valence-corrected chi connectivity index (χ2v) is 9.23. The summed E-state index contributed by atoms with van der Waals surface area (Å²) in [4.78, 5) is 27.9. The van der Waals surface area contributed by atoms with Crippen molar-refractivity contribution in [1.29, 1.82) is 0 Å². The van der Waals surface area contributed by atoms with Crippen LogP contribution in [0.15, 0.2) is 48.5 Å². The van der Waals surface area contributed by atoms with E-state index in [1.54, 1.807) is 4.90 Å². The van der Waals surface area contributed by atoms with Crippen molar-refractivity contribution in [3.8, 4) is 0 Å². The third kappa shape index (κ3) is 7.89. The molecule has 1 N–H and O–H groups in total. The smallest absolute Gasteiger partial charge is 0.243 e. The molecule has 2 atom stereocenters. The van der Waals surface area contributed by atoms with Crippen LogP contribution in [0.5, 0.6) is 0 Å². The van der Waals surface area contributed by atoms with E-state index in [0.717, 1.165) is 23.1 Å². The second-order valence-electron chi connectivity index (χ2n) is 7.84. The zero-order valence-corrected chi connectivity index (χ0v) is 20.4. The lowest BCUT2D eigenvalue weighted by atomic mass is 10.1. The van der Waals surface area contributed by atoms with Gasteiger partial charge in [0.1, 0.15) is 6.04 Å². The number of nitrogens with zero attached hydrogens (tertiary/aromatic N) is 1. The minimum Gasteiger partial charge on any atom is -0.352 e. The number of aryl methyl sites for hydroxylation is 1. The number of amides is 2. The highest BCUT2D eigenvalue weighted by Gasteiger charge is 2.29. The molecule has 2 unspecified atom stereocenters. The summed E-state index contributed by atoms with van der Waals surface area (Å²) in [6.07, 6.45) is 1.41. The first-order valence-corrected chi connectivity index (χ1v) is 12.4. The fourth-order valence-electron chi connectivity index (χ4n) is 3.31. The summed E-state index contributed by atoms with van der Waals surface area (Å²) in [7, 11) is 0. The molecular formula is C25H33ClN2O2S. The minimum absolute atomic E-state index is 0.0373. The molecule has 0 spiro atoms. The van der Waals surface area contributed by atoms with E-state index in [1.807, 2.05) is 70.2 Å². The standard InChI is InChI=1S/C25H33ClN2O2S/c1-5-19(4)27-25(30)23(6-2)28(15-20-11-9-10-18(3)14-20)24(29)17-31-16-21-12-7-8-13-22(21)26/h7-14,19,23H,5-6,15-17H2,1-4H3,(H,27,30). The van der Waals surface area contributed by atoms with Gasteiger partial charge < -0.3 is 10.2 Å². The van der Waals surface area contributed by atoms with Crippen LogP contribution < -0.4 is 5.32 Å². The topological polar surface area (TPSA) is 49.4 Å². The van der Waals surface area contributed by atoms with Crippen LogP contribution in [0.3, 0.4) is 0 Å².